The zero-order valence-corrected chi connectivity index (χ0v) is 51.4. The van der Waals surface area contributed by atoms with Crippen LogP contribution in [0.3, 0.4) is 0 Å². The number of rotatable bonds is 5. The van der Waals surface area contributed by atoms with Crippen LogP contribution in [-0.2, 0) is 43.3 Å². The molecule has 12 rings (SSSR count). The van der Waals surface area contributed by atoms with Crippen LogP contribution in [0.25, 0.3) is 0 Å². The van der Waals surface area contributed by atoms with Gasteiger partial charge in [0.25, 0.3) is 6.71 Å². The molecule has 5 aliphatic rings. The Morgan fingerprint density at radius 3 is 1.13 bits per heavy atom. The Bertz CT molecular complexity index is 3550. The molecule has 0 radical (unpaired) electrons. The standard InChI is InChI=1S/C74H89BN4/c1-67(2,3)46-19-31-62-60(39-46)75-61-40-47(68(4,5)6)20-32-63(61)79(52-27-30-56-59(43-52)74(17,18)38-35-71(56,11)12)65-45-53(44-64(66(65)75)78(62)49-23-21-48(76)22-24-49)77(50-25-28-54-57(41-50)72(13,14)36-33-69(54,7)8)51-26-29-55-58(42-51)73(15,16)37-34-70(55,9)10/h19-32,39-45H,33-38,76H2,1-18H3. The van der Waals surface area contributed by atoms with Gasteiger partial charge >= 0.3 is 0 Å². The van der Waals surface area contributed by atoms with Crippen molar-refractivity contribution in [1.29, 1.82) is 0 Å². The van der Waals surface area contributed by atoms with Crippen LogP contribution in [0, 0.1) is 0 Å². The summed E-state index contributed by atoms with van der Waals surface area (Å²) in [6.45, 7) is 43.6. The fraction of sp³-hybridized carbons (Fsp3) is 0.432. The lowest BCUT2D eigenvalue weighted by atomic mass is 9.33. The van der Waals surface area contributed by atoms with Crippen LogP contribution in [0.1, 0.15) is 208 Å². The maximum atomic E-state index is 6.59. The molecule has 2 heterocycles. The van der Waals surface area contributed by atoms with Crippen molar-refractivity contribution >= 4 is 80.0 Å². The molecule has 7 aromatic carbocycles. The maximum Gasteiger partial charge on any atom is 0.252 e. The second kappa shape index (κ2) is 17.4. The summed E-state index contributed by atoms with van der Waals surface area (Å²) in [7, 11) is 0. The highest BCUT2D eigenvalue weighted by molar-refractivity contribution is 7.00. The average Bonchev–Trinajstić information content (AvgIpc) is 3.14. The smallest absolute Gasteiger partial charge is 0.252 e. The summed E-state index contributed by atoms with van der Waals surface area (Å²) in [5, 5.41) is 0. The summed E-state index contributed by atoms with van der Waals surface area (Å²) in [5.74, 6) is 0. The van der Waals surface area contributed by atoms with Crippen LogP contribution in [-0.4, -0.2) is 6.71 Å². The second-order valence-corrected chi connectivity index (χ2v) is 31.0. The van der Waals surface area contributed by atoms with Gasteiger partial charge in [0.15, 0.2) is 0 Å². The number of fused-ring (bicyclic) bond motifs is 7. The minimum absolute atomic E-state index is 0.0201. The van der Waals surface area contributed by atoms with E-state index in [0.717, 1.165) is 36.3 Å². The predicted molar refractivity (Wildman–Crippen MR) is 343 cm³/mol. The van der Waals surface area contributed by atoms with E-state index in [1.54, 1.807) is 0 Å². The van der Waals surface area contributed by atoms with Crippen molar-refractivity contribution in [3.05, 3.63) is 172 Å². The topological polar surface area (TPSA) is 35.7 Å². The Labute approximate surface area is 476 Å². The Morgan fingerprint density at radius 2 is 0.722 bits per heavy atom. The normalized spacial score (nSPS) is 19.5. The zero-order chi connectivity index (χ0) is 56.5. The third kappa shape index (κ3) is 8.59. The highest BCUT2D eigenvalue weighted by Crippen LogP contribution is 2.55. The van der Waals surface area contributed by atoms with Crippen LogP contribution in [0.15, 0.2) is 127 Å². The Balaban J connectivity index is 1.23. The Hall–Kier alpha value is -6.20. The Morgan fingerprint density at radius 1 is 0.367 bits per heavy atom. The van der Waals surface area contributed by atoms with E-state index in [9.17, 15) is 0 Å². The van der Waals surface area contributed by atoms with Crippen LogP contribution < -0.4 is 36.8 Å². The van der Waals surface area contributed by atoms with Gasteiger partial charge in [0.05, 0.1) is 5.69 Å². The van der Waals surface area contributed by atoms with E-state index in [-0.39, 0.29) is 50.0 Å². The zero-order valence-electron chi connectivity index (χ0n) is 51.4. The van der Waals surface area contributed by atoms with E-state index in [2.05, 4.69) is 267 Å². The molecule has 0 unspecified atom stereocenters. The minimum atomic E-state index is -0.0632. The van der Waals surface area contributed by atoms with E-state index in [1.165, 1.54) is 120 Å². The van der Waals surface area contributed by atoms with Crippen molar-refractivity contribution in [3.63, 3.8) is 0 Å². The number of nitrogen functional groups attached to an aromatic ring is 1. The van der Waals surface area contributed by atoms with Gasteiger partial charge in [0.1, 0.15) is 0 Å². The second-order valence-electron chi connectivity index (χ2n) is 31.0. The summed E-state index contributed by atoms with van der Waals surface area (Å²) in [6.07, 6.45) is 6.97. The highest BCUT2D eigenvalue weighted by Gasteiger charge is 2.47. The molecule has 408 valence electrons. The number of nitrogens with two attached hydrogens (primary N) is 1. The Kier molecular flexibility index (Phi) is 11.8. The van der Waals surface area contributed by atoms with Crippen molar-refractivity contribution in [2.24, 2.45) is 0 Å². The molecule has 0 amide bonds. The average molecular weight is 1050 g/mol. The van der Waals surface area contributed by atoms with Crippen LogP contribution in [0.2, 0.25) is 0 Å². The largest absolute Gasteiger partial charge is 0.399 e. The van der Waals surface area contributed by atoms with E-state index in [1.807, 2.05) is 0 Å². The monoisotopic (exact) mass is 1040 g/mol. The van der Waals surface area contributed by atoms with Gasteiger partial charge in [-0.25, -0.2) is 0 Å². The lowest BCUT2D eigenvalue weighted by Gasteiger charge is -2.47. The van der Waals surface area contributed by atoms with Gasteiger partial charge in [-0.05, 0) is 228 Å². The summed E-state index contributed by atoms with van der Waals surface area (Å²) in [4.78, 5) is 7.88. The van der Waals surface area contributed by atoms with Gasteiger partial charge in [0, 0.05) is 51.2 Å². The summed E-state index contributed by atoms with van der Waals surface area (Å²) >= 11 is 0. The van der Waals surface area contributed by atoms with Gasteiger partial charge in [-0.15, -0.1) is 0 Å². The lowest BCUT2D eigenvalue weighted by molar-refractivity contribution is 0.332. The number of anilines is 10. The first-order chi connectivity index (χ1) is 36.8. The quantitative estimate of drug-likeness (QED) is 0.138. The van der Waals surface area contributed by atoms with Gasteiger partial charge in [-0.1, -0.05) is 167 Å². The minimum Gasteiger partial charge on any atom is -0.399 e. The fourth-order valence-electron chi connectivity index (χ4n) is 14.8. The first-order valence-electron chi connectivity index (χ1n) is 30.0. The third-order valence-electron chi connectivity index (χ3n) is 20.5. The van der Waals surface area contributed by atoms with Crippen molar-refractivity contribution in [2.75, 3.05) is 20.4 Å². The molecule has 2 N–H and O–H groups in total. The van der Waals surface area contributed by atoms with Crippen LogP contribution in [0.5, 0.6) is 0 Å². The van der Waals surface area contributed by atoms with E-state index in [4.69, 9.17) is 5.73 Å². The molecule has 0 atom stereocenters. The van der Waals surface area contributed by atoms with Crippen LogP contribution >= 0.6 is 0 Å². The van der Waals surface area contributed by atoms with E-state index in [0.29, 0.717) is 0 Å². The number of hydrogen-bond acceptors (Lipinski definition) is 4. The van der Waals surface area contributed by atoms with Gasteiger partial charge in [-0.3, -0.25) is 0 Å². The third-order valence-corrected chi connectivity index (χ3v) is 20.5. The van der Waals surface area contributed by atoms with Crippen molar-refractivity contribution in [1.82, 2.24) is 0 Å². The molecular formula is C74H89BN4. The van der Waals surface area contributed by atoms with E-state index < -0.39 is 0 Å². The first-order valence-corrected chi connectivity index (χ1v) is 30.0. The molecule has 2 aliphatic heterocycles. The van der Waals surface area contributed by atoms with Gasteiger partial charge in [-0.2, -0.15) is 0 Å². The number of nitrogens with zero attached hydrogens (tertiary/aromatic N) is 3. The van der Waals surface area contributed by atoms with Crippen molar-refractivity contribution in [2.45, 2.75) is 206 Å². The molecule has 0 bridgehead atoms. The SMILES string of the molecule is CC(C)(C)c1ccc2c(c1)B1c3cc(C(C)(C)C)ccc3N(c3ccc4c(c3)C(C)(C)CCC4(C)C)c3cc(N(c4ccc5c(c4)C(C)(C)CCC5(C)C)c4ccc5c(c4)C(C)(C)CCC5(C)C)cc(c31)N2c1ccc(N)cc1. The molecule has 0 aromatic heterocycles. The number of hydrogen-bond donors (Lipinski definition) is 1. The summed E-state index contributed by atoms with van der Waals surface area (Å²) in [5.41, 5.74) is 33.7. The van der Waals surface area contributed by atoms with Gasteiger partial charge < -0.3 is 20.4 Å². The molecule has 79 heavy (non-hydrogen) atoms. The lowest BCUT2D eigenvalue weighted by Crippen LogP contribution is -2.61. The molecule has 5 heteroatoms. The predicted octanol–water partition coefficient (Wildman–Crippen LogP) is 18.5. The van der Waals surface area contributed by atoms with Crippen molar-refractivity contribution < 1.29 is 0 Å². The van der Waals surface area contributed by atoms with Gasteiger partial charge in [0.2, 0.25) is 0 Å². The van der Waals surface area contributed by atoms with Crippen LogP contribution in [0.4, 0.5) is 56.9 Å². The van der Waals surface area contributed by atoms with Crippen molar-refractivity contribution in [3.8, 4) is 0 Å². The fourth-order valence-corrected chi connectivity index (χ4v) is 14.8. The molecule has 3 aliphatic carbocycles. The highest BCUT2D eigenvalue weighted by atomic mass is 15.2. The van der Waals surface area contributed by atoms with E-state index >= 15 is 0 Å². The molecule has 0 spiro atoms. The molecule has 0 saturated heterocycles. The molecule has 0 fully saturated rings. The maximum absolute atomic E-state index is 6.59. The molecule has 7 aromatic rings. The molecular weight excluding hydrogens is 956 g/mol. The summed E-state index contributed by atoms with van der Waals surface area (Å²) in [6, 6.07) is 51.1. The summed E-state index contributed by atoms with van der Waals surface area (Å²) < 4.78 is 0. The number of benzene rings is 7. The molecule has 4 nitrogen and oxygen atoms in total. The molecule has 0 saturated carbocycles. The first kappa shape index (κ1) is 53.4.